The molecule has 0 aliphatic carbocycles. The number of alkyl halides is 3. The van der Waals surface area contributed by atoms with Crippen LogP contribution in [0.5, 0.6) is 0 Å². The Morgan fingerprint density at radius 2 is 1.74 bits per heavy atom. The molecule has 19 heavy (non-hydrogen) atoms. The molecule has 0 spiro atoms. The Morgan fingerprint density at radius 3 is 2.16 bits per heavy atom. The summed E-state index contributed by atoms with van der Waals surface area (Å²) in [5, 5.41) is 0. The Hall–Kier alpha value is -1.37. The molecule has 0 radical (unpaired) electrons. The van der Waals surface area contributed by atoms with Crippen LogP contribution in [0.15, 0.2) is 12.1 Å². The molecule has 1 amide bonds. The fraction of sp³-hybridized carbons (Fsp3) is 0.364. The zero-order chi connectivity index (χ0) is 14.6. The van der Waals surface area contributed by atoms with Crippen molar-refractivity contribution >= 4 is 17.5 Å². The molecule has 0 aromatic heterocycles. The minimum atomic E-state index is -2.88. The van der Waals surface area contributed by atoms with Gasteiger partial charge < -0.3 is 4.90 Å². The Labute approximate surface area is 110 Å². The van der Waals surface area contributed by atoms with Crippen molar-refractivity contribution in [1.29, 1.82) is 0 Å². The Kier molecular flexibility index (Phi) is 5.53. The van der Waals surface area contributed by atoms with Crippen molar-refractivity contribution in [3.8, 4) is 0 Å². The van der Waals surface area contributed by atoms with E-state index in [1.807, 2.05) is 0 Å². The van der Waals surface area contributed by atoms with Gasteiger partial charge >= 0.3 is 0 Å². The number of hydrogen-bond acceptors (Lipinski definition) is 1. The summed E-state index contributed by atoms with van der Waals surface area (Å²) in [7, 11) is 0. The lowest BCUT2D eigenvalue weighted by atomic mass is 10.1. The smallest absolute Gasteiger partial charge is 0.260 e. The summed E-state index contributed by atoms with van der Waals surface area (Å²) in [5.41, 5.74) is -1.08. The van der Waals surface area contributed by atoms with Gasteiger partial charge in [0.2, 0.25) is 0 Å². The molecule has 1 rings (SSSR count). The van der Waals surface area contributed by atoms with Crippen LogP contribution in [0.25, 0.3) is 0 Å². The molecular weight excluding hydrogens is 293 g/mol. The third kappa shape index (κ3) is 4.05. The lowest BCUT2D eigenvalue weighted by Gasteiger charge is -2.21. The quantitative estimate of drug-likeness (QED) is 0.605. The van der Waals surface area contributed by atoms with Gasteiger partial charge in [0.05, 0.1) is 6.54 Å². The van der Waals surface area contributed by atoms with Crippen LogP contribution in [-0.4, -0.2) is 36.2 Å². The van der Waals surface area contributed by atoms with E-state index in [1.165, 1.54) is 0 Å². The van der Waals surface area contributed by atoms with E-state index in [1.54, 1.807) is 0 Å². The maximum Gasteiger partial charge on any atom is 0.260 e. The molecule has 0 fully saturated rings. The first-order chi connectivity index (χ1) is 8.86. The summed E-state index contributed by atoms with van der Waals surface area (Å²) < 4.78 is 63.9. The standard InChI is InChI=1S/C11H9ClF5NO/c12-1-2-18(5-9(16)17)11(19)10-7(14)3-6(13)4-8(10)15/h3-4,9H,1-2,5H2. The molecule has 0 atom stereocenters. The highest BCUT2D eigenvalue weighted by atomic mass is 35.5. The van der Waals surface area contributed by atoms with E-state index < -0.39 is 41.9 Å². The Morgan fingerprint density at radius 1 is 1.21 bits per heavy atom. The number of carbonyl (C=O) groups is 1. The fourth-order valence-electron chi connectivity index (χ4n) is 1.45. The molecule has 0 saturated carbocycles. The molecule has 1 aromatic rings. The minimum Gasteiger partial charge on any atom is -0.332 e. The fourth-order valence-corrected chi connectivity index (χ4v) is 1.65. The lowest BCUT2D eigenvalue weighted by Crippen LogP contribution is -2.37. The van der Waals surface area contributed by atoms with Crippen molar-refractivity contribution < 1.29 is 26.7 Å². The van der Waals surface area contributed by atoms with Gasteiger partial charge in [0.25, 0.3) is 12.3 Å². The molecule has 0 aliphatic heterocycles. The first kappa shape index (κ1) is 15.7. The summed E-state index contributed by atoms with van der Waals surface area (Å²) in [5.74, 6) is -5.57. The van der Waals surface area contributed by atoms with E-state index in [9.17, 15) is 26.7 Å². The van der Waals surface area contributed by atoms with Crippen molar-refractivity contribution in [2.24, 2.45) is 0 Å². The molecule has 0 saturated heterocycles. The summed E-state index contributed by atoms with van der Waals surface area (Å²) in [4.78, 5) is 12.3. The average Bonchev–Trinajstić information content (AvgIpc) is 2.26. The van der Waals surface area contributed by atoms with E-state index in [0.717, 1.165) is 0 Å². The van der Waals surface area contributed by atoms with E-state index in [4.69, 9.17) is 11.6 Å². The summed E-state index contributed by atoms with van der Waals surface area (Å²) in [6, 6.07) is 0.606. The topological polar surface area (TPSA) is 20.3 Å². The zero-order valence-corrected chi connectivity index (χ0v) is 10.2. The summed E-state index contributed by atoms with van der Waals surface area (Å²) in [6.45, 7) is -1.32. The van der Waals surface area contributed by atoms with E-state index in [-0.39, 0.29) is 12.4 Å². The van der Waals surface area contributed by atoms with Gasteiger partial charge in [-0.05, 0) is 0 Å². The molecule has 0 heterocycles. The largest absolute Gasteiger partial charge is 0.332 e. The SMILES string of the molecule is O=C(c1c(F)cc(F)cc1F)N(CCCl)CC(F)F. The second-order valence-electron chi connectivity index (χ2n) is 3.58. The first-order valence-electron chi connectivity index (χ1n) is 5.14. The number of nitrogens with zero attached hydrogens (tertiary/aromatic N) is 1. The van der Waals surface area contributed by atoms with Gasteiger partial charge in [-0.3, -0.25) is 4.79 Å². The van der Waals surface area contributed by atoms with Crippen LogP contribution < -0.4 is 0 Å². The highest BCUT2D eigenvalue weighted by molar-refractivity contribution is 6.18. The molecule has 0 N–H and O–H groups in total. The normalized spacial score (nSPS) is 10.9. The van der Waals surface area contributed by atoms with Crippen LogP contribution in [0.1, 0.15) is 10.4 Å². The third-order valence-electron chi connectivity index (χ3n) is 2.22. The van der Waals surface area contributed by atoms with E-state index >= 15 is 0 Å². The maximum atomic E-state index is 13.4. The van der Waals surface area contributed by atoms with Crippen LogP contribution in [0.3, 0.4) is 0 Å². The van der Waals surface area contributed by atoms with E-state index in [2.05, 4.69) is 0 Å². The van der Waals surface area contributed by atoms with E-state index in [0.29, 0.717) is 17.0 Å². The molecular formula is C11H9ClF5NO. The second-order valence-corrected chi connectivity index (χ2v) is 3.95. The Balaban J connectivity index is 3.09. The van der Waals surface area contributed by atoms with Crippen LogP contribution >= 0.6 is 11.6 Å². The monoisotopic (exact) mass is 301 g/mol. The summed E-state index contributed by atoms with van der Waals surface area (Å²) in [6.07, 6.45) is -2.88. The molecule has 2 nitrogen and oxygen atoms in total. The van der Waals surface area contributed by atoms with Gasteiger partial charge in [-0.1, -0.05) is 0 Å². The van der Waals surface area contributed by atoms with Crippen LogP contribution in [0, 0.1) is 17.5 Å². The number of carbonyl (C=O) groups excluding carboxylic acids is 1. The van der Waals surface area contributed by atoms with Crippen molar-refractivity contribution in [2.75, 3.05) is 19.0 Å². The maximum absolute atomic E-state index is 13.4. The highest BCUT2D eigenvalue weighted by Crippen LogP contribution is 2.17. The van der Waals surface area contributed by atoms with Gasteiger partial charge in [-0.25, -0.2) is 22.0 Å². The molecule has 1 aromatic carbocycles. The number of rotatable bonds is 5. The molecule has 0 aliphatic rings. The predicted octanol–water partition coefficient (Wildman–Crippen LogP) is 3.05. The molecule has 8 heteroatoms. The van der Waals surface area contributed by atoms with Crippen molar-refractivity contribution in [1.82, 2.24) is 4.90 Å². The third-order valence-corrected chi connectivity index (χ3v) is 2.39. The number of hydrogen-bond donors (Lipinski definition) is 0. The van der Waals surface area contributed by atoms with Crippen molar-refractivity contribution in [3.63, 3.8) is 0 Å². The highest BCUT2D eigenvalue weighted by Gasteiger charge is 2.25. The minimum absolute atomic E-state index is 0.178. The molecule has 0 unspecified atom stereocenters. The number of amides is 1. The second kappa shape index (κ2) is 6.70. The van der Waals surface area contributed by atoms with Crippen LogP contribution in [-0.2, 0) is 0 Å². The Bertz CT molecular complexity index is 445. The summed E-state index contributed by atoms with van der Waals surface area (Å²) >= 11 is 5.33. The van der Waals surface area contributed by atoms with Crippen LogP contribution in [0.4, 0.5) is 22.0 Å². The zero-order valence-electron chi connectivity index (χ0n) is 9.48. The van der Waals surface area contributed by atoms with Crippen molar-refractivity contribution in [3.05, 3.63) is 35.1 Å². The van der Waals surface area contributed by atoms with Gasteiger partial charge in [0.1, 0.15) is 23.0 Å². The van der Waals surface area contributed by atoms with Gasteiger partial charge in [-0.2, -0.15) is 0 Å². The predicted molar refractivity (Wildman–Crippen MR) is 58.9 cm³/mol. The van der Waals surface area contributed by atoms with Crippen LogP contribution in [0.2, 0.25) is 0 Å². The van der Waals surface area contributed by atoms with Gasteiger partial charge in [-0.15, -0.1) is 11.6 Å². The van der Waals surface area contributed by atoms with Crippen molar-refractivity contribution in [2.45, 2.75) is 6.43 Å². The molecule has 0 bridgehead atoms. The van der Waals surface area contributed by atoms with Gasteiger partial charge in [0.15, 0.2) is 0 Å². The van der Waals surface area contributed by atoms with Gasteiger partial charge in [0, 0.05) is 24.6 Å². The average molecular weight is 302 g/mol. The number of benzene rings is 1. The number of halogens is 6. The lowest BCUT2D eigenvalue weighted by molar-refractivity contribution is 0.0562. The first-order valence-corrected chi connectivity index (χ1v) is 5.68. The molecule has 106 valence electrons.